The van der Waals surface area contributed by atoms with E-state index in [0.29, 0.717) is 18.3 Å². The van der Waals surface area contributed by atoms with Crippen molar-refractivity contribution in [2.24, 2.45) is 17.8 Å². The molecule has 28 heavy (non-hydrogen) atoms. The number of Topliss-reactive ketones (excluding diaryl/α,β-unsaturated/α-hetero) is 1. The van der Waals surface area contributed by atoms with E-state index in [0.717, 1.165) is 38.6 Å². The van der Waals surface area contributed by atoms with Crippen molar-refractivity contribution in [3.63, 3.8) is 0 Å². The molecule has 0 heterocycles. The zero-order valence-corrected chi connectivity index (χ0v) is 18.4. The number of hydrogen-bond acceptors (Lipinski definition) is 4. The molecule has 0 unspecified atom stereocenters. The number of unbranched alkanes of at least 4 members (excludes halogenated alkanes) is 5. The average molecular weight is 394 g/mol. The number of allylic oxidation sites excluding steroid dienone is 2. The van der Waals surface area contributed by atoms with Crippen LogP contribution in [0.3, 0.4) is 0 Å². The van der Waals surface area contributed by atoms with Crippen LogP contribution in [-0.2, 0) is 4.79 Å². The van der Waals surface area contributed by atoms with E-state index in [1.807, 2.05) is 0 Å². The van der Waals surface area contributed by atoms with E-state index in [9.17, 15) is 15.0 Å². The molecule has 0 saturated heterocycles. The van der Waals surface area contributed by atoms with Gasteiger partial charge in [-0.25, -0.2) is 0 Å². The molecule has 2 aliphatic rings. The molecular weight excluding hydrogens is 350 g/mol. The van der Waals surface area contributed by atoms with E-state index < -0.39 is 12.2 Å². The van der Waals surface area contributed by atoms with Gasteiger partial charge in [-0.3, -0.25) is 4.79 Å². The van der Waals surface area contributed by atoms with Gasteiger partial charge in [-0.2, -0.15) is 0 Å². The lowest BCUT2D eigenvalue weighted by atomic mass is 9.83. The van der Waals surface area contributed by atoms with Gasteiger partial charge >= 0.3 is 0 Å². The number of aliphatic hydroxyl groups excluding tert-OH is 2. The van der Waals surface area contributed by atoms with E-state index in [-0.39, 0.29) is 18.1 Å². The van der Waals surface area contributed by atoms with Crippen LogP contribution in [0.2, 0.25) is 0 Å². The monoisotopic (exact) mass is 393 g/mol. The van der Waals surface area contributed by atoms with Crippen molar-refractivity contribution in [1.82, 2.24) is 4.90 Å². The first kappa shape index (κ1) is 23.6. The first-order chi connectivity index (χ1) is 13.4. The Bertz CT molecular complexity index is 502. The van der Waals surface area contributed by atoms with E-state index >= 15 is 0 Å². The SMILES string of the molecule is CCCCCCC(=O)C[C@H](O)[C@@H]1[C@H]2CC(CCCCCN(C)C)=C[C@H]2C[C@H]1O. The molecule has 4 nitrogen and oxygen atoms in total. The number of hydrogen-bond donors (Lipinski definition) is 2. The van der Waals surface area contributed by atoms with E-state index in [2.05, 4.69) is 32.0 Å². The zero-order chi connectivity index (χ0) is 20.5. The first-order valence-electron chi connectivity index (χ1n) is 11.6. The summed E-state index contributed by atoms with van der Waals surface area (Å²) >= 11 is 0. The summed E-state index contributed by atoms with van der Waals surface area (Å²) in [6.45, 7) is 3.31. The molecule has 0 bridgehead atoms. The highest BCUT2D eigenvalue weighted by molar-refractivity contribution is 5.78. The van der Waals surface area contributed by atoms with Crippen molar-refractivity contribution in [3.8, 4) is 0 Å². The van der Waals surface area contributed by atoms with Crippen LogP contribution < -0.4 is 0 Å². The molecular formula is C24H43NO3. The maximum absolute atomic E-state index is 12.2. The lowest BCUT2D eigenvalue weighted by Gasteiger charge is -2.26. The number of rotatable bonds is 14. The van der Waals surface area contributed by atoms with Crippen LogP contribution in [-0.4, -0.2) is 53.7 Å². The molecule has 2 N–H and O–H groups in total. The molecule has 2 aliphatic carbocycles. The molecule has 0 aromatic heterocycles. The number of aliphatic hydroxyl groups is 2. The molecule has 1 saturated carbocycles. The van der Waals surface area contributed by atoms with Gasteiger partial charge < -0.3 is 15.1 Å². The van der Waals surface area contributed by atoms with Gasteiger partial charge in [0.1, 0.15) is 5.78 Å². The summed E-state index contributed by atoms with van der Waals surface area (Å²) in [5.41, 5.74) is 1.51. The molecule has 5 atom stereocenters. The number of ketones is 1. The largest absolute Gasteiger partial charge is 0.393 e. The highest BCUT2D eigenvalue weighted by Crippen LogP contribution is 2.49. The van der Waals surface area contributed by atoms with Crippen LogP contribution in [0.15, 0.2) is 11.6 Å². The first-order valence-corrected chi connectivity index (χ1v) is 11.6. The highest BCUT2D eigenvalue weighted by Gasteiger charge is 2.47. The number of carbonyl (C=O) groups excluding carboxylic acids is 1. The van der Waals surface area contributed by atoms with Crippen LogP contribution in [0.4, 0.5) is 0 Å². The Morgan fingerprint density at radius 3 is 2.64 bits per heavy atom. The summed E-state index contributed by atoms with van der Waals surface area (Å²) in [5.74, 6) is 0.749. The Labute approximate surface area is 172 Å². The third-order valence-corrected chi connectivity index (χ3v) is 6.74. The number of nitrogens with zero attached hydrogens (tertiary/aromatic N) is 1. The fraction of sp³-hybridized carbons (Fsp3) is 0.875. The Hall–Kier alpha value is -0.710. The average Bonchev–Trinajstić information content (AvgIpc) is 3.13. The fourth-order valence-electron chi connectivity index (χ4n) is 5.24. The minimum absolute atomic E-state index is 0.132. The lowest BCUT2D eigenvalue weighted by Crippen LogP contribution is -2.33. The summed E-state index contributed by atoms with van der Waals surface area (Å²) in [6.07, 6.45) is 13.0. The minimum Gasteiger partial charge on any atom is -0.393 e. The van der Waals surface area contributed by atoms with Crippen molar-refractivity contribution in [2.45, 2.75) is 96.2 Å². The highest BCUT2D eigenvalue weighted by atomic mass is 16.3. The van der Waals surface area contributed by atoms with Gasteiger partial charge in [0.05, 0.1) is 12.2 Å². The predicted octanol–water partition coefficient (Wildman–Crippen LogP) is 4.34. The van der Waals surface area contributed by atoms with Crippen LogP contribution in [0.25, 0.3) is 0 Å². The molecule has 4 heteroatoms. The molecule has 0 aromatic carbocycles. The summed E-state index contributed by atoms with van der Waals surface area (Å²) in [7, 11) is 4.24. The van der Waals surface area contributed by atoms with Crippen molar-refractivity contribution in [2.75, 3.05) is 20.6 Å². The third-order valence-electron chi connectivity index (χ3n) is 6.74. The van der Waals surface area contributed by atoms with Crippen molar-refractivity contribution >= 4 is 5.78 Å². The second-order valence-corrected chi connectivity index (χ2v) is 9.47. The van der Waals surface area contributed by atoms with E-state index in [1.54, 1.807) is 0 Å². The second kappa shape index (κ2) is 12.1. The molecule has 2 rings (SSSR count). The summed E-state index contributed by atoms with van der Waals surface area (Å²) in [4.78, 5) is 14.5. The van der Waals surface area contributed by atoms with Crippen molar-refractivity contribution < 1.29 is 15.0 Å². The maximum Gasteiger partial charge on any atom is 0.135 e. The Kier molecular flexibility index (Phi) is 10.2. The van der Waals surface area contributed by atoms with Crippen LogP contribution in [0.1, 0.15) is 84.0 Å². The van der Waals surface area contributed by atoms with Gasteiger partial charge in [-0.1, -0.05) is 44.3 Å². The minimum atomic E-state index is -0.684. The number of fused-ring (bicyclic) bond motifs is 1. The molecule has 162 valence electrons. The molecule has 0 aliphatic heterocycles. The van der Waals surface area contributed by atoms with Crippen molar-refractivity contribution in [3.05, 3.63) is 11.6 Å². The van der Waals surface area contributed by atoms with E-state index in [1.165, 1.54) is 37.7 Å². The molecule has 0 radical (unpaired) electrons. The van der Waals surface area contributed by atoms with Gasteiger partial charge in [0.25, 0.3) is 0 Å². The topological polar surface area (TPSA) is 60.8 Å². The molecule has 0 spiro atoms. The molecule has 0 amide bonds. The maximum atomic E-state index is 12.2. The summed E-state index contributed by atoms with van der Waals surface area (Å²) < 4.78 is 0. The van der Waals surface area contributed by atoms with Gasteiger partial charge in [-0.15, -0.1) is 0 Å². The Morgan fingerprint density at radius 2 is 1.93 bits per heavy atom. The lowest BCUT2D eigenvalue weighted by molar-refractivity contribution is -0.122. The summed E-state index contributed by atoms with van der Waals surface area (Å²) in [6, 6.07) is 0. The van der Waals surface area contributed by atoms with Gasteiger partial charge in [-0.05, 0) is 71.0 Å². The second-order valence-electron chi connectivity index (χ2n) is 9.47. The smallest absolute Gasteiger partial charge is 0.135 e. The third kappa shape index (κ3) is 7.27. The van der Waals surface area contributed by atoms with Crippen LogP contribution >= 0.6 is 0 Å². The zero-order valence-electron chi connectivity index (χ0n) is 18.4. The van der Waals surface area contributed by atoms with Crippen LogP contribution in [0, 0.1) is 17.8 Å². The van der Waals surface area contributed by atoms with Gasteiger partial charge in [0, 0.05) is 18.8 Å². The number of carbonyl (C=O) groups is 1. The quantitative estimate of drug-likeness (QED) is 0.340. The molecule has 1 fully saturated rings. The van der Waals surface area contributed by atoms with Crippen molar-refractivity contribution in [1.29, 1.82) is 0 Å². The van der Waals surface area contributed by atoms with Crippen LogP contribution in [0.5, 0.6) is 0 Å². The fourth-order valence-corrected chi connectivity index (χ4v) is 5.24. The Morgan fingerprint density at radius 1 is 1.18 bits per heavy atom. The van der Waals surface area contributed by atoms with Gasteiger partial charge in [0.2, 0.25) is 0 Å². The Balaban J connectivity index is 1.74. The predicted molar refractivity (Wildman–Crippen MR) is 115 cm³/mol. The molecule has 0 aromatic rings. The van der Waals surface area contributed by atoms with Gasteiger partial charge in [0.15, 0.2) is 0 Å². The standard InChI is InChI=1S/C24H43NO3/c1-4-5-6-9-12-20(26)17-23(28)24-21-15-18(14-19(21)16-22(24)27)11-8-7-10-13-25(2)3/h14,19,21-24,27-28H,4-13,15-17H2,1-3H3/t19-,21-,22+,23-,24+/m0/s1. The normalized spacial score (nSPS) is 27.9. The van der Waals surface area contributed by atoms with E-state index in [4.69, 9.17) is 0 Å². The summed E-state index contributed by atoms with van der Waals surface area (Å²) in [5, 5.41) is 21.2.